The minimum absolute atomic E-state index is 0.0442. The van der Waals surface area contributed by atoms with Crippen molar-refractivity contribution in [2.24, 2.45) is 5.92 Å². The molecule has 1 aliphatic rings. The fourth-order valence-electron chi connectivity index (χ4n) is 4.36. The van der Waals surface area contributed by atoms with Gasteiger partial charge in [-0.2, -0.15) is 0 Å². The van der Waals surface area contributed by atoms with Crippen molar-refractivity contribution in [1.29, 1.82) is 0 Å². The number of halogens is 2. The second-order valence-electron chi connectivity index (χ2n) is 8.71. The summed E-state index contributed by atoms with van der Waals surface area (Å²) < 4.78 is 34.6. The number of nitrogens with one attached hydrogen (secondary N) is 2. The zero-order chi connectivity index (χ0) is 24.8. The van der Waals surface area contributed by atoms with Crippen molar-refractivity contribution in [2.45, 2.75) is 45.3 Å². The minimum atomic E-state index is -0.623. The van der Waals surface area contributed by atoms with E-state index in [0.717, 1.165) is 24.6 Å². The molecule has 4 rings (SSSR count). The molecule has 2 aromatic carbocycles. The van der Waals surface area contributed by atoms with Crippen molar-refractivity contribution in [2.75, 3.05) is 5.32 Å². The van der Waals surface area contributed by atoms with E-state index in [4.69, 9.17) is 4.74 Å². The van der Waals surface area contributed by atoms with E-state index >= 15 is 0 Å². The van der Waals surface area contributed by atoms with Gasteiger partial charge in [0.25, 0.3) is 0 Å². The van der Waals surface area contributed by atoms with E-state index in [-0.39, 0.29) is 47.5 Å². The monoisotopic (exact) mass is 479 g/mol. The maximum atomic E-state index is 14.8. The van der Waals surface area contributed by atoms with Crippen molar-refractivity contribution in [3.05, 3.63) is 78.0 Å². The van der Waals surface area contributed by atoms with E-state index in [1.807, 2.05) is 30.3 Å². The summed E-state index contributed by atoms with van der Waals surface area (Å²) in [6, 6.07) is 14.6. The second kappa shape index (κ2) is 11.1. The lowest BCUT2D eigenvalue weighted by Gasteiger charge is -2.28. The van der Waals surface area contributed by atoms with Crippen molar-refractivity contribution in [3.63, 3.8) is 0 Å². The van der Waals surface area contributed by atoms with E-state index in [2.05, 4.69) is 15.6 Å². The van der Waals surface area contributed by atoms with Gasteiger partial charge in [-0.1, -0.05) is 36.8 Å². The lowest BCUT2D eigenvalue weighted by Crippen LogP contribution is -2.40. The Bertz CT molecular complexity index is 1200. The van der Waals surface area contributed by atoms with Gasteiger partial charge in [0, 0.05) is 36.1 Å². The van der Waals surface area contributed by atoms with Crippen LogP contribution in [0.1, 0.15) is 38.2 Å². The zero-order valence-electron chi connectivity index (χ0n) is 19.4. The normalized spacial score (nSPS) is 17.5. The number of pyridine rings is 1. The van der Waals surface area contributed by atoms with Crippen LogP contribution in [-0.2, 0) is 16.2 Å². The number of carbonyl (C=O) groups is 2. The number of amides is 2. The van der Waals surface area contributed by atoms with Crippen molar-refractivity contribution in [1.82, 2.24) is 10.3 Å². The molecular weight excluding hydrogens is 452 g/mol. The van der Waals surface area contributed by atoms with Gasteiger partial charge in [0.1, 0.15) is 29.8 Å². The van der Waals surface area contributed by atoms with Gasteiger partial charge >= 0.3 is 0 Å². The molecule has 2 N–H and O–H groups in total. The molecule has 0 spiro atoms. The molecule has 1 saturated carbocycles. The molecule has 8 heteroatoms. The highest BCUT2D eigenvalue weighted by Crippen LogP contribution is 2.34. The van der Waals surface area contributed by atoms with E-state index < -0.39 is 11.6 Å². The Kier molecular flexibility index (Phi) is 7.70. The first-order valence-electron chi connectivity index (χ1n) is 11.6. The molecule has 2 atom stereocenters. The maximum Gasteiger partial charge on any atom is 0.228 e. The Labute approximate surface area is 202 Å². The van der Waals surface area contributed by atoms with Gasteiger partial charge in [-0.25, -0.2) is 13.8 Å². The Morgan fingerprint density at radius 3 is 2.63 bits per heavy atom. The minimum Gasteiger partial charge on any atom is -0.488 e. The highest BCUT2D eigenvalue weighted by molar-refractivity contribution is 5.92. The van der Waals surface area contributed by atoms with Crippen LogP contribution in [0.3, 0.4) is 0 Å². The van der Waals surface area contributed by atoms with Gasteiger partial charge in [0.2, 0.25) is 11.8 Å². The van der Waals surface area contributed by atoms with Crippen LogP contribution in [0.5, 0.6) is 5.75 Å². The van der Waals surface area contributed by atoms with Crippen molar-refractivity contribution < 1.29 is 23.1 Å². The van der Waals surface area contributed by atoms with Crippen LogP contribution in [0.4, 0.5) is 14.6 Å². The second-order valence-corrected chi connectivity index (χ2v) is 8.71. The molecule has 35 heavy (non-hydrogen) atoms. The number of aromatic nitrogens is 1. The molecule has 3 aromatic rings. The van der Waals surface area contributed by atoms with Crippen LogP contribution < -0.4 is 15.4 Å². The smallest absolute Gasteiger partial charge is 0.228 e. The Morgan fingerprint density at radius 1 is 1.06 bits per heavy atom. The summed E-state index contributed by atoms with van der Waals surface area (Å²) in [4.78, 5) is 28.3. The fraction of sp³-hybridized carbons (Fsp3) is 0.296. The molecule has 0 saturated heterocycles. The summed E-state index contributed by atoms with van der Waals surface area (Å²) in [5.41, 5.74) is 1.37. The summed E-state index contributed by atoms with van der Waals surface area (Å²) >= 11 is 0. The number of benzene rings is 2. The summed E-state index contributed by atoms with van der Waals surface area (Å²) in [7, 11) is 0. The molecule has 0 aliphatic heterocycles. The average molecular weight is 480 g/mol. The zero-order valence-corrected chi connectivity index (χ0v) is 19.4. The maximum absolute atomic E-state index is 14.8. The van der Waals surface area contributed by atoms with E-state index in [1.54, 1.807) is 0 Å². The van der Waals surface area contributed by atoms with Crippen molar-refractivity contribution in [3.8, 4) is 16.9 Å². The van der Waals surface area contributed by atoms with Crippen LogP contribution >= 0.6 is 0 Å². The molecule has 1 heterocycles. The molecule has 6 nitrogen and oxygen atoms in total. The van der Waals surface area contributed by atoms with E-state index in [1.165, 1.54) is 31.2 Å². The standard InChI is InChI=1S/C27H27F2N3O3/c1-17(33)31-21-9-5-8-19(12-21)27(34)32-26-14-23(24(29)15-30-26)22-11-10-20(28)13-25(22)35-16-18-6-3-2-4-7-18/h2-4,6-7,10-11,13-15,19,21H,5,8-9,12,16H2,1H3,(H,31,33)(H,30,32,34)/t19-,21+/m0/s1. The Hall–Kier alpha value is -3.81. The summed E-state index contributed by atoms with van der Waals surface area (Å²) in [6.07, 6.45) is 3.91. The van der Waals surface area contributed by atoms with Gasteiger partial charge < -0.3 is 15.4 Å². The third kappa shape index (κ3) is 6.41. The quantitative estimate of drug-likeness (QED) is 0.486. The first-order chi connectivity index (χ1) is 16.9. The first kappa shape index (κ1) is 24.3. The number of hydrogen-bond donors (Lipinski definition) is 2. The number of ether oxygens (including phenoxy) is 1. The third-order valence-electron chi connectivity index (χ3n) is 6.03. The Balaban J connectivity index is 1.52. The number of carbonyl (C=O) groups excluding carboxylic acids is 2. The molecule has 1 aliphatic carbocycles. The van der Waals surface area contributed by atoms with Gasteiger partial charge in [-0.15, -0.1) is 0 Å². The largest absolute Gasteiger partial charge is 0.488 e. The highest BCUT2D eigenvalue weighted by Gasteiger charge is 2.28. The number of rotatable bonds is 7. The SMILES string of the molecule is CC(=O)N[C@@H]1CCC[C@H](C(=O)Nc2cc(-c3ccc(F)cc3OCc3ccccc3)c(F)cn2)C1. The lowest BCUT2D eigenvalue weighted by molar-refractivity contribution is -0.123. The first-order valence-corrected chi connectivity index (χ1v) is 11.6. The predicted octanol–water partition coefficient (Wildman–Crippen LogP) is 5.24. The van der Waals surface area contributed by atoms with Crippen LogP contribution in [0.15, 0.2) is 60.8 Å². The van der Waals surface area contributed by atoms with Crippen molar-refractivity contribution >= 4 is 17.6 Å². The summed E-state index contributed by atoms with van der Waals surface area (Å²) in [5.74, 6) is -1.40. The fourth-order valence-corrected chi connectivity index (χ4v) is 4.36. The molecule has 0 bridgehead atoms. The summed E-state index contributed by atoms with van der Waals surface area (Å²) in [6.45, 7) is 1.64. The van der Waals surface area contributed by atoms with Gasteiger partial charge in [0.15, 0.2) is 0 Å². The van der Waals surface area contributed by atoms with Crippen LogP contribution in [0.2, 0.25) is 0 Å². The van der Waals surface area contributed by atoms with Gasteiger partial charge in [0.05, 0.1) is 6.20 Å². The van der Waals surface area contributed by atoms with Crippen LogP contribution in [0.25, 0.3) is 11.1 Å². The van der Waals surface area contributed by atoms with Crippen LogP contribution in [-0.4, -0.2) is 22.8 Å². The molecule has 2 amide bonds. The third-order valence-corrected chi connectivity index (χ3v) is 6.03. The lowest BCUT2D eigenvalue weighted by atomic mass is 9.85. The van der Waals surface area contributed by atoms with E-state index in [9.17, 15) is 18.4 Å². The molecule has 1 fully saturated rings. The number of hydrogen-bond acceptors (Lipinski definition) is 4. The molecule has 182 valence electrons. The van der Waals surface area contributed by atoms with Crippen LogP contribution in [0, 0.1) is 17.6 Å². The average Bonchev–Trinajstić information content (AvgIpc) is 2.84. The number of nitrogens with zero attached hydrogens (tertiary/aromatic N) is 1. The molecule has 0 radical (unpaired) electrons. The Morgan fingerprint density at radius 2 is 1.86 bits per heavy atom. The summed E-state index contributed by atoms with van der Waals surface area (Å²) in [5, 5.41) is 5.64. The topological polar surface area (TPSA) is 80.3 Å². The number of anilines is 1. The van der Waals surface area contributed by atoms with Gasteiger partial charge in [-0.3, -0.25) is 9.59 Å². The van der Waals surface area contributed by atoms with E-state index in [0.29, 0.717) is 18.4 Å². The molecule has 0 unspecified atom stereocenters. The molecule has 1 aromatic heterocycles. The molecular formula is C27H27F2N3O3. The predicted molar refractivity (Wildman–Crippen MR) is 129 cm³/mol. The highest BCUT2D eigenvalue weighted by atomic mass is 19.1. The van der Waals surface area contributed by atoms with Gasteiger partial charge in [-0.05, 0) is 43.0 Å².